The van der Waals surface area contributed by atoms with Crippen LogP contribution in [-0.4, -0.2) is 33.0 Å². The van der Waals surface area contributed by atoms with Crippen molar-refractivity contribution in [3.05, 3.63) is 29.8 Å². The molecule has 0 fully saturated rings. The van der Waals surface area contributed by atoms with Crippen molar-refractivity contribution in [2.24, 2.45) is 0 Å². The molecule has 120 valence electrons. The number of methoxy groups -OCH3 is 1. The topological polar surface area (TPSA) is 30.5 Å². The Balaban J connectivity index is 2.88. The van der Waals surface area contributed by atoms with E-state index in [4.69, 9.17) is 9.47 Å². The average Bonchev–Trinajstić information content (AvgIpc) is 2.43. The maximum Gasteiger partial charge on any atom is 0.390 e. The molecule has 0 saturated carbocycles. The predicted molar refractivity (Wildman–Crippen MR) is 75.5 cm³/mol. The number of hydrogen-bond acceptors (Lipinski definition) is 3. The molecule has 21 heavy (non-hydrogen) atoms. The summed E-state index contributed by atoms with van der Waals surface area (Å²) in [5.41, 5.74) is 0.527. The van der Waals surface area contributed by atoms with Gasteiger partial charge in [-0.05, 0) is 19.0 Å². The minimum atomic E-state index is -4.23. The summed E-state index contributed by atoms with van der Waals surface area (Å²) in [5.74, 6) is 0.465. The van der Waals surface area contributed by atoms with Gasteiger partial charge in [0.05, 0.1) is 13.0 Å². The highest BCUT2D eigenvalue weighted by Crippen LogP contribution is 2.33. The van der Waals surface area contributed by atoms with Gasteiger partial charge in [0.25, 0.3) is 0 Å². The number of ether oxygens (including phenoxy) is 2. The molecule has 0 bridgehead atoms. The van der Waals surface area contributed by atoms with Gasteiger partial charge in [-0.1, -0.05) is 25.1 Å². The third kappa shape index (κ3) is 6.82. The molecule has 0 heterocycles. The van der Waals surface area contributed by atoms with Crippen LogP contribution in [-0.2, 0) is 4.74 Å². The summed E-state index contributed by atoms with van der Waals surface area (Å²) in [6.07, 6.45) is -4.39. The Hall–Kier alpha value is -1.27. The standard InChI is InChI=1S/C15H22F3NO2/c1-3-8-19-13(11-15(16,17)18)12-6-4-5-7-14(12)21-10-9-20-2/h4-7,13,19H,3,8-11H2,1-2H3. The van der Waals surface area contributed by atoms with Gasteiger partial charge >= 0.3 is 6.18 Å². The lowest BCUT2D eigenvalue weighted by atomic mass is 10.0. The maximum atomic E-state index is 12.8. The number of para-hydroxylation sites is 1. The molecule has 1 rings (SSSR count). The normalized spacial score (nSPS) is 13.2. The molecule has 0 aliphatic heterocycles. The second-order valence-electron chi connectivity index (χ2n) is 4.71. The van der Waals surface area contributed by atoms with Gasteiger partial charge in [0.1, 0.15) is 12.4 Å². The summed E-state index contributed by atoms with van der Waals surface area (Å²) in [5, 5.41) is 2.94. The van der Waals surface area contributed by atoms with Gasteiger partial charge in [-0.2, -0.15) is 13.2 Å². The van der Waals surface area contributed by atoms with Crippen molar-refractivity contribution >= 4 is 0 Å². The SMILES string of the molecule is CCCNC(CC(F)(F)F)c1ccccc1OCCOC. The van der Waals surface area contributed by atoms with Crippen LogP contribution in [0.25, 0.3) is 0 Å². The molecule has 0 amide bonds. The molecule has 1 atom stereocenters. The Morgan fingerprint density at radius 2 is 1.90 bits per heavy atom. The van der Waals surface area contributed by atoms with Crippen molar-refractivity contribution in [1.29, 1.82) is 0 Å². The van der Waals surface area contributed by atoms with Crippen molar-refractivity contribution in [1.82, 2.24) is 5.32 Å². The molecule has 0 spiro atoms. The van der Waals surface area contributed by atoms with E-state index in [1.54, 1.807) is 31.4 Å². The fourth-order valence-corrected chi connectivity index (χ4v) is 1.98. The van der Waals surface area contributed by atoms with Crippen LogP contribution in [0, 0.1) is 0 Å². The number of halogens is 3. The lowest BCUT2D eigenvalue weighted by Gasteiger charge is -2.23. The van der Waals surface area contributed by atoms with Gasteiger partial charge in [-0.25, -0.2) is 0 Å². The van der Waals surface area contributed by atoms with Crippen molar-refractivity contribution in [2.75, 3.05) is 26.9 Å². The number of nitrogens with one attached hydrogen (secondary N) is 1. The number of alkyl halides is 3. The van der Waals surface area contributed by atoms with Gasteiger partial charge in [-0.15, -0.1) is 0 Å². The van der Waals surface area contributed by atoms with Gasteiger partial charge in [-0.3, -0.25) is 0 Å². The molecule has 0 aliphatic rings. The van der Waals surface area contributed by atoms with E-state index < -0.39 is 18.6 Å². The highest BCUT2D eigenvalue weighted by molar-refractivity contribution is 5.36. The highest BCUT2D eigenvalue weighted by Gasteiger charge is 2.33. The van der Waals surface area contributed by atoms with Crippen molar-refractivity contribution in [2.45, 2.75) is 32.0 Å². The molecule has 0 radical (unpaired) electrons. The minimum absolute atomic E-state index is 0.306. The van der Waals surface area contributed by atoms with E-state index in [0.29, 0.717) is 31.1 Å². The molecule has 1 aromatic carbocycles. The molecule has 1 N–H and O–H groups in total. The van der Waals surface area contributed by atoms with Gasteiger partial charge in [0.2, 0.25) is 0 Å². The summed E-state index contributed by atoms with van der Waals surface area (Å²) in [6, 6.07) is 6.01. The second-order valence-corrected chi connectivity index (χ2v) is 4.71. The fraction of sp³-hybridized carbons (Fsp3) is 0.600. The Labute approximate surface area is 123 Å². The Kier molecular flexibility index (Phi) is 7.53. The first-order valence-corrected chi connectivity index (χ1v) is 6.98. The summed E-state index contributed by atoms with van der Waals surface area (Å²) < 4.78 is 48.7. The van der Waals surface area contributed by atoms with Crippen LogP contribution in [0.3, 0.4) is 0 Å². The highest BCUT2D eigenvalue weighted by atomic mass is 19.4. The first kappa shape index (κ1) is 17.8. The summed E-state index contributed by atoms with van der Waals surface area (Å²) in [4.78, 5) is 0. The molecule has 6 heteroatoms. The lowest BCUT2D eigenvalue weighted by Crippen LogP contribution is -2.28. The van der Waals surface area contributed by atoms with Gasteiger partial charge < -0.3 is 14.8 Å². The molecule has 0 aromatic heterocycles. The van der Waals surface area contributed by atoms with Crippen molar-refractivity contribution in [3.8, 4) is 5.75 Å². The van der Waals surface area contributed by atoms with Crippen molar-refractivity contribution < 1.29 is 22.6 Å². The second kappa shape index (κ2) is 8.89. The predicted octanol–water partition coefficient (Wildman–Crippen LogP) is 3.70. The van der Waals surface area contributed by atoms with E-state index in [2.05, 4.69) is 5.32 Å². The minimum Gasteiger partial charge on any atom is -0.491 e. The number of benzene rings is 1. The van der Waals surface area contributed by atoms with E-state index in [0.717, 1.165) is 6.42 Å². The maximum absolute atomic E-state index is 12.8. The van der Waals surface area contributed by atoms with Crippen LogP contribution in [0.15, 0.2) is 24.3 Å². The average molecular weight is 305 g/mol. The Bertz CT molecular complexity index is 410. The zero-order valence-electron chi connectivity index (χ0n) is 12.4. The van der Waals surface area contributed by atoms with Crippen LogP contribution < -0.4 is 10.1 Å². The summed E-state index contributed by atoms with van der Waals surface area (Å²) >= 11 is 0. The third-order valence-electron chi connectivity index (χ3n) is 2.92. The number of rotatable bonds is 9. The van der Waals surface area contributed by atoms with Crippen molar-refractivity contribution in [3.63, 3.8) is 0 Å². The zero-order chi connectivity index (χ0) is 15.7. The van der Waals surface area contributed by atoms with Gasteiger partial charge in [0.15, 0.2) is 0 Å². The first-order valence-electron chi connectivity index (χ1n) is 6.98. The Morgan fingerprint density at radius 3 is 2.52 bits per heavy atom. The quantitative estimate of drug-likeness (QED) is 0.706. The molecule has 0 aliphatic carbocycles. The van der Waals surface area contributed by atoms with Crippen LogP contribution >= 0.6 is 0 Å². The molecule has 1 unspecified atom stereocenters. The number of hydrogen-bond donors (Lipinski definition) is 1. The molecular weight excluding hydrogens is 283 g/mol. The fourth-order valence-electron chi connectivity index (χ4n) is 1.98. The largest absolute Gasteiger partial charge is 0.491 e. The summed E-state index contributed by atoms with van der Waals surface area (Å²) in [7, 11) is 1.55. The Morgan fingerprint density at radius 1 is 1.19 bits per heavy atom. The lowest BCUT2D eigenvalue weighted by molar-refractivity contribution is -0.140. The van der Waals surface area contributed by atoms with Crippen LogP contribution in [0.1, 0.15) is 31.4 Å². The smallest absolute Gasteiger partial charge is 0.390 e. The van der Waals surface area contributed by atoms with E-state index >= 15 is 0 Å². The van der Waals surface area contributed by atoms with Crippen LogP contribution in [0.4, 0.5) is 13.2 Å². The first-order chi connectivity index (χ1) is 9.98. The van der Waals surface area contributed by atoms with E-state index in [1.807, 2.05) is 6.92 Å². The molecular formula is C15H22F3NO2. The molecule has 0 saturated heterocycles. The van der Waals surface area contributed by atoms with Crippen LogP contribution in [0.2, 0.25) is 0 Å². The van der Waals surface area contributed by atoms with Gasteiger partial charge in [0, 0.05) is 18.7 Å². The summed E-state index contributed by atoms with van der Waals surface area (Å²) in [6.45, 7) is 3.13. The molecule has 1 aromatic rings. The van der Waals surface area contributed by atoms with E-state index in [1.165, 1.54) is 0 Å². The van der Waals surface area contributed by atoms with Crippen LogP contribution in [0.5, 0.6) is 5.75 Å². The monoisotopic (exact) mass is 305 g/mol. The van der Waals surface area contributed by atoms with E-state index in [9.17, 15) is 13.2 Å². The third-order valence-corrected chi connectivity index (χ3v) is 2.92. The zero-order valence-corrected chi connectivity index (χ0v) is 12.4. The molecule has 3 nitrogen and oxygen atoms in total. The van der Waals surface area contributed by atoms with E-state index in [-0.39, 0.29) is 0 Å².